The molecule has 0 aromatic heterocycles. The van der Waals surface area contributed by atoms with Gasteiger partial charge in [0.25, 0.3) is 0 Å². The first kappa shape index (κ1) is 26.1. The zero-order valence-electron chi connectivity index (χ0n) is 21.1. The lowest BCUT2D eigenvalue weighted by Gasteiger charge is -2.37. The van der Waals surface area contributed by atoms with Crippen molar-refractivity contribution in [1.29, 1.82) is 0 Å². The molecule has 30 heavy (non-hydrogen) atoms. The second kappa shape index (κ2) is 14.1. The Morgan fingerprint density at radius 3 is 2.20 bits per heavy atom. The summed E-state index contributed by atoms with van der Waals surface area (Å²) < 4.78 is 12.0. The topological polar surface area (TPSA) is 24.9 Å². The molecule has 0 bridgehead atoms. The first-order valence-electron chi connectivity index (χ1n) is 13.1. The molecular weight excluding hydrogens is 372 g/mol. The first-order chi connectivity index (χ1) is 14.4. The molecule has 4 heteroatoms. The normalized spacial score (nSPS) is 27.6. The Balaban J connectivity index is 1.86. The number of rotatable bonds is 11. The highest BCUT2D eigenvalue weighted by molar-refractivity contribution is 4.79. The van der Waals surface area contributed by atoms with Gasteiger partial charge in [-0.2, -0.15) is 0 Å². The fraction of sp³-hybridized carbons (Fsp3) is 1.00. The predicted octanol–water partition coefficient (Wildman–Crippen LogP) is 5.46. The molecule has 2 fully saturated rings. The molecule has 0 saturated carbocycles. The van der Waals surface area contributed by atoms with Crippen LogP contribution in [0.3, 0.4) is 0 Å². The van der Waals surface area contributed by atoms with E-state index in [1.807, 2.05) is 0 Å². The summed E-state index contributed by atoms with van der Waals surface area (Å²) in [6, 6.07) is 1.23. The Morgan fingerprint density at radius 1 is 0.833 bits per heavy atom. The van der Waals surface area contributed by atoms with Gasteiger partial charge in [0, 0.05) is 44.9 Å². The van der Waals surface area contributed by atoms with Gasteiger partial charge in [-0.3, -0.25) is 4.90 Å². The van der Waals surface area contributed by atoms with Crippen molar-refractivity contribution < 1.29 is 9.47 Å². The Labute approximate surface area is 188 Å². The Kier molecular flexibility index (Phi) is 12.2. The molecule has 2 rings (SSSR count). The summed E-state index contributed by atoms with van der Waals surface area (Å²) in [7, 11) is 0. The van der Waals surface area contributed by atoms with Crippen molar-refractivity contribution in [2.75, 3.05) is 46.0 Å². The average Bonchev–Trinajstić information content (AvgIpc) is 2.69. The molecule has 0 amide bonds. The molecule has 178 valence electrons. The van der Waals surface area contributed by atoms with E-state index in [1.165, 1.54) is 64.6 Å². The number of hydrogen-bond donors (Lipinski definition) is 0. The molecular formula is C26H52N2O2. The zero-order chi connectivity index (χ0) is 21.9. The van der Waals surface area contributed by atoms with Crippen LogP contribution in [0.1, 0.15) is 86.5 Å². The highest BCUT2D eigenvalue weighted by Crippen LogP contribution is 2.29. The molecule has 2 saturated heterocycles. The van der Waals surface area contributed by atoms with Gasteiger partial charge in [-0.05, 0) is 96.9 Å². The molecule has 4 atom stereocenters. The second-order valence-corrected chi connectivity index (χ2v) is 10.7. The molecule has 4 unspecified atom stereocenters. The molecule has 2 heterocycles. The van der Waals surface area contributed by atoms with Gasteiger partial charge >= 0.3 is 0 Å². The van der Waals surface area contributed by atoms with E-state index >= 15 is 0 Å². The molecule has 0 spiro atoms. The van der Waals surface area contributed by atoms with Crippen LogP contribution in [0, 0.1) is 17.8 Å². The van der Waals surface area contributed by atoms with Crippen LogP contribution >= 0.6 is 0 Å². The van der Waals surface area contributed by atoms with Crippen molar-refractivity contribution in [2.24, 2.45) is 17.8 Å². The summed E-state index contributed by atoms with van der Waals surface area (Å²) in [6.45, 7) is 21.8. The monoisotopic (exact) mass is 424 g/mol. The van der Waals surface area contributed by atoms with Gasteiger partial charge < -0.3 is 14.4 Å². The van der Waals surface area contributed by atoms with Crippen molar-refractivity contribution in [3.63, 3.8) is 0 Å². The highest BCUT2D eigenvalue weighted by atomic mass is 16.5. The van der Waals surface area contributed by atoms with Gasteiger partial charge in [-0.25, -0.2) is 0 Å². The minimum atomic E-state index is 0.412. The van der Waals surface area contributed by atoms with E-state index in [9.17, 15) is 0 Å². The molecule has 0 radical (unpaired) electrons. The van der Waals surface area contributed by atoms with E-state index in [0.717, 1.165) is 44.1 Å². The smallest absolute Gasteiger partial charge is 0.0702 e. The minimum absolute atomic E-state index is 0.412. The van der Waals surface area contributed by atoms with E-state index in [4.69, 9.17) is 9.47 Å². The molecule has 0 N–H and O–H groups in total. The molecule has 0 aromatic carbocycles. The number of ether oxygens (including phenoxy) is 2. The van der Waals surface area contributed by atoms with E-state index in [2.05, 4.69) is 51.3 Å². The van der Waals surface area contributed by atoms with E-state index in [-0.39, 0.29) is 0 Å². The summed E-state index contributed by atoms with van der Waals surface area (Å²) in [6.07, 6.45) is 9.30. The van der Waals surface area contributed by atoms with Crippen molar-refractivity contribution in [3.05, 3.63) is 0 Å². The third-order valence-electron chi connectivity index (χ3n) is 7.42. The summed E-state index contributed by atoms with van der Waals surface area (Å²) in [5, 5.41) is 0. The van der Waals surface area contributed by atoms with Crippen LogP contribution < -0.4 is 0 Å². The van der Waals surface area contributed by atoms with Crippen LogP contribution in [0.4, 0.5) is 0 Å². The molecule has 2 aliphatic heterocycles. The van der Waals surface area contributed by atoms with Crippen LogP contribution in [-0.2, 0) is 9.47 Å². The van der Waals surface area contributed by atoms with Gasteiger partial charge in [0.15, 0.2) is 0 Å². The quantitative estimate of drug-likeness (QED) is 0.440. The lowest BCUT2D eigenvalue weighted by atomic mass is 9.83. The van der Waals surface area contributed by atoms with Crippen LogP contribution in [0.2, 0.25) is 0 Å². The van der Waals surface area contributed by atoms with Crippen LogP contribution in [0.15, 0.2) is 0 Å². The second-order valence-electron chi connectivity index (χ2n) is 10.7. The standard InChI is InChI=1S/C26H52N2O2/c1-7-14-27(21(2)3)19-26-13-12-25(11-9-16-30-26)23(6)17-28(22(4)5)18-24-10-8-15-29-20-24/h21-26H,7-20H2,1-6H3. The Hall–Kier alpha value is -0.160. The minimum Gasteiger partial charge on any atom is -0.381 e. The third-order valence-corrected chi connectivity index (χ3v) is 7.42. The molecule has 2 aliphatic rings. The highest BCUT2D eigenvalue weighted by Gasteiger charge is 2.27. The number of hydrogen-bond acceptors (Lipinski definition) is 4. The van der Waals surface area contributed by atoms with Crippen molar-refractivity contribution in [3.8, 4) is 0 Å². The van der Waals surface area contributed by atoms with E-state index < -0.39 is 0 Å². The lowest BCUT2D eigenvalue weighted by Crippen LogP contribution is -2.42. The maximum absolute atomic E-state index is 6.29. The summed E-state index contributed by atoms with van der Waals surface area (Å²) in [5.74, 6) is 2.32. The van der Waals surface area contributed by atoms with Gasteiger partial charge in [0.05, 0.1) is 12.7 Å². The van der Waals surface area contributed by atoms with Gasteiger partial charge in [-0.15, -0.1) is 0 Å². The Bertz CT molecular complexity index is 437. The molecule has 0 aliphatic carbocycles. The molecule has 0 aromatic rings. The van der Waals surface area contributed by atoms with Crippen LogP contribution in [-0.4, -0.2) is 74.0 Å². The van der Waals surface area contributed by atoms with Gasteiger partial charge in [-0.1, -0.05) is 13.8 Å². The maximum Gasteiger partial charge on any atom is 0.0702 e. The zero-order valence-corrected chi connectivity index (χ0v) is 21.1. The van der Waals surface area contributed by atoms with Gasteiger partial charge in [0.2, 0.25) is 0 Å². The SMILES string of the molecule is CCCN(CC1CCC(C(C)CN(CC2CCCOC2)C(C)C)CCCO1)C(C)C. The largest absolute Gasteiger partial charge is 0.381 e. The van der Waals surface area contributed by atoms with Gasteiger partial charge in [0.1, 0.15) is 0 Å². The van der Waals surface area contributed by atoms with Crippen molar-refractivity contribution in [2.45, 2.75) is 105 Å². The van der Waals surface area contributed by atoms with Crippen LogP contribution in [0.25, 0.3) is 0 Å². The fourth-order valence-electron chi connectivity index (χ4n) is 5.34. The summed E-state index contributed by atoms with van der Waals surface area (Å²) in [4.78, 5) is 5.34. The summed E-state index contributed by atoms with van der Waals surface area (Å²) >= 11 is 0. The fourth-order valence-corrected chi connectivity index (χ4v) is 5.34. The first-order valence-corrected chi connectivity index (χ1v) is 13.1. The number of nitrogens with zero attached hydrogens (tertiary/aromatic N) is 2. The Morgan fingerprint density at radius 2 is 1.57 bits per heavy atom. The van der Waals surface area contributed by atoms with Crippen molar-refractivity contribution in [1.82, 2.24) is 9.80 Å². The summed E-state index contributed by atoms with van der Waals surface area (Å²) in [5.41, 5.74) is 0. The van der Waals surface area contributed by atoms with E-state index in [1.54, 1.807) is 0 Å². The van der Waals surface area contributed by atoms with E-state index in [0.29, 0.717) is 18.2 Å². The predicted molar refractivity (Wildman–Crippen MR) is 128 cm³/mol. The average molecular weight is 425 g/mol. The third kappa shape index (κ3) is 9.14. The lowest BCUT2D eigenvalue weighted by molar-refractivity contribution is -0.00778. The van der Waals surface area contributed by atoms with Crippen LogP contribution in [0.5, 0.6) is 0 Å². The maximum atomic E-state index is 6.29. The molecule has 4 nitrogen and oxygen atoms in total. The van der Waals surface area contributed by atoms with Crippen molar-refractivity contribution >= 4 is 0 Å².